The van der Waals surface area contributed by atoms with E-state index in [1.807, 2.05) is 0 Å². The standard InChI is InChI=1S/C15H27NO2/c1-12(17)9-10-15(18)16-11-5-8-14(16)13-6-3-2-4-7-13/h12-14,17H,2-11H2,1H3. The Morgan fingerprint density at radius 1 is 1.22 bits per heavy atom. The molecule has 104 valence electrons. The second-order valence-electron chi connectivity index (χ2n) is 6.08. The number of carbonyl (C=O) groups is 1. The van der Waals surface area contributed by atoms with Gasteiger partial charge in [0, 0.05) is 19.0 Å². The van der Waals surface area contributed by atoms with Gasteiger partial charge < -0.3 is 10.0 Å². The van der Waals surface area contributed by atoms with Gasteiger partial charge in [0.2, 0.25) is 5.91 Å². The van der Waals surface area contributed by atoms with Gasteiger partial charge in [-0.1, -0.05) is 19.3 Å². The number of aliphatic hydroxyl groups is 1. The van der Waals surface area contributed by atoms with Crippen LogP contribution < -0.4 is 0 Å². The van der Waals surface area contributed by atoms with E-state index >= 15 is 0 Å². The quantitative estimate of drug-likeness (QED) is 0.837. The lowest BCUT2D eigenvalue weighted by Crippen LogP contribution is -2.40. The second-order valence-corrected chi connectivity index (χ2v) is 6.08. The average Bonchev–Trinajstić information content (AvgIpc) is 2.86. The third kappa shape index (κ3) is 3.47. The molecule has 3 nitrogen and oxygen atoms in total. The zero-order chi connectivity index (χ0) is 13.0. The molecule has 0 aromatic heterocycles. The maximum Gasteiger partial charge on any atom is 0.222 e. The zero-order valence-corrected chi connectivity index (χ0v) is 11.6. The Labute approximate surface area is 111 Å². The molecule has 1 saturated heterocycles. The molecule has 0 spiro atoms. The van der Waals surface area contributed by atoms with E-state index in [0.717, 1.165) is 12.5 Å². The van der Waals surface area contributed by atoms with Gasteiger partial charge in [-0.25, -0.2) is 0 Å². The predicted octanol–water partition coefficient (Wildman–Crippen LogP) is 2.72. The number of hydrogen-bond donors (Lipinski definition) is 1. The summed E-state index contributed by atoms with van der Waals surface area (Å²) in [6.07, 6.45) is 9.81. The average molecular weight is 253 g/mol. The van der Waals surface area contributed by atoms with Crippen LogP contribution in [0, 0.1) is 5.92 Å². The highest BCUT2D eigenvalue weighted by Gasteiger charge is 2.34. The highest BCUT2D eigenvalue weighted by Crippen LogP contribution is 2.34. The van der Waals surface area contributed by atoms with Gasteiger partial charge in [-0.2, -0.15) is 0 Å². The Balaban J connectivity index is 1.87. The molecule has 0 bridgehead atoms. The highest BCUT2D eigenvalue weighted by atomic mass is 16.3. The first kappa shape index (κ1) is 13.9. The number of aliphatic hydroxyl groups excluding tert-OH is 1. The third-order valence-corrected chi connectivity index (χ3v) is 4.59. The lowest BCUT2D eigenvalue weighted by Gasteiger charge is -2.34. The van der Waals surface area contributed by atoms with Crippen LogP contribution in [0.15, 0.2) is 0 Å². The van der Waals surface area contributed by atoms with E-state index in [9.17, 15) is 9.90 Å². The van der Waals surface area contributed by atoms with Crippen molar-refractivity contribution in [1.29, 1.82) is 0 Å². The minimum absolute atomic E-state index is 0.268. The number of nitrogens with zero attached hydrogens (tertiary/aromatic N) is 1. The zero-order valence-electron chi connectivity index (χ0n) is 11.6. The van der Waals surface area contributed by atoms with Crippen molar-refractivity contribution in [2.45, 2.75) is 76.9 Å². The molecule has 3 heteroatoms. The first-order valence-electron chi connectivity index (χ1n) is 7.66. The summed E-state index contributed by atoms with van der Waals surface area (Å²) in [6, 6.07) is 0.506. The molecule has 1 aliphatic heterocycles. The second kappa shape index (κ2) is 6.55. The van der Waals surface area contributed by atoms with Crippen LogP contribution >= 0.6 is 0 Å². The van der Waals surface area contributed by atoms with Gasteiger partial charge in [-0.15, -0.1) is 0 Å². The summed E-state index contributed by atoms with van der Waals surface area (Å²) in [6.45, 7) is 2.70. The van der Waals surface area contributed by atoms with Crippen molar-refractivity contribution in [3.8, 4) is 0 Å². The summed E-state index contributed by atoms with van der Waals surface area (Å²) < 4.78 is 0. The third-order valence-electron chi connectivity index (χ3n) is 4.59. The summed E-state index contributed by atoms with van der Waals surface area (Å²) in [5.41, 5.74) is 0. The molecule has 1 amide bonds. The molecule has 0 aromatic rings. The molecule has 2 atom stereocenters. The van der Waals surface area contributed by atoms with E-state index in [2.05, 4.69) is 4.90 Å². The summed E-state index contributed by atoms with van der Waals surface area (Å²) in [5.74, 6) is 1.01. The van der Waals surface area contributed by atoms with Crippen molar-refractivity contribution in [1.82, 2.24) is 4.90 Å². The highest BCUT2D eigenvalue weighted by molar-refractivity contribution is 5.76. The molecule has 2 unspecified atom stereocenters. The van der Waals surface area contributed by atoms with E-state index in [-0.39, 0.29) is 12.0 Å². The van der Waals surface area contributed by atoms with Gasteiger partial charge in [-0.3, -0.25) is 4.79 Å². The summed E-state index contributed by atoms with van der Waals surface area (Å²) in [5, 5.41) is 9.29. The SMILES string of the molecule is CC(O)CCC(=O)N1CCCC1C1CCCCC1. The fourth-order valence-corrected chi connectivity index (χ4v) is 3.59. The molecule has 2 rings (SSSR count). The van der Waals surface area contributed by atoms with Crippen LogP contribution in [-0.2, 0) is 4.79 Å². The number of rotatable bonds is 4. The molecule has 0 radical (unpaired) electrons. The van der Waals surface area contributed by atoms with Crippen LogP contribution in [0.5, 0.6) is 0 Å². The maximum absolute atomic E-state index is 12.2. The maximum atomic E-state index is 12.2. The van der Waals surface area contributed by atoms with Crippen molar-refractivity contribution in [2.75, 3.05) is 6.54 Å². The van der Waals surface area contributed by atoms with Gasteiger partial charge >= 0.3 is 0 Å². The Kier molecular flexibility index (Phi) is 5.04. The monoisotopic (exact) mass is 253 g/mol. The molecule has 2 aliphatic rings. The van der Waals surface area contributed by atoms with Crippen LogP contribution in [-0.4, -0.2) is 34.6 Å². The molecule has 0 aromatic carbocycles. The number of carbonyl (C=O) groups excluding carboxylic acids is 1. The predicted molar refractivity (Wildman–Crippen MR) is 72.2 cm³/mol. The van der Waals surface area contributed by atoms with E-state index in [4.69, 9.17) is 0 Å². The van der Waals surface area contributed by atoms with Crippen LogP contribution in [0.4, 0.5) is 0 Å². The summed E-state index contributed by atoms with van der Waals surface area (Å²) >= 11 is 0. The summed E-state index contributed by atoms with van der Waals surface area (Å²) in [4.78, 5) is 14.3. The van der Waals surface area contributed by atoms with Crippen molar-refractivity contribution >= 4 is 5.91 Å². The topological polar surface area (TPSA) is 40.5 Å². The first-order valence-corrected chi connectivity index (χ1v) is 7.66. The van der Waals surface area contributed by atoms with Crippen LogP contribution in [0.2, 0.25) is 0 Å². The molecular weight excluding hydrogens is 226 g/mol. The molecule has 2 fully saturated rings. The Hall–Kier alpha value is -0.570. The van der Waals surface area contributed by atoms with Crippen molar-refractivity contribution in [3.63, 3.8) is 0 Å². The normalized spacial score (nSPS) is 27.4. The first-order chi connectivity index (χ1) is 8.68. The Morgan fingerprint density at radius 2 is 1.94 bits per heavy atom. The number of amides is 1. The van der Waals surface area contributed by atoms with Crippen molar-refractivity contribution in [3.05, 3.63) is 0 Å². The van der Waals surface area contributed by atoms with Crippen LogP contribution in [0.25, 0.3) is 0 Å². The molecule has 18 heavy (non-hydrogen) atoms. The van der Waals surface area contributed by atoms with Crippen molar-refractivity contribution in [2.24, 2.45) is 5.92 Å². The molecule has 1 aliphatic carbocycles. The Bertz CT molecular complexity index is 272. The van der Waals surface area contributed by atoms with Gasteiger partial charge in [0.05, 0.1) is 6.10 Å². The van der Waals surface area contributed by atoms with Crippen LogP contribution in [0.1, 0.15) is 64.7 Å². The van der Waals surface area contributed by atoms with E-state index in [1.165, 1.54) is 44.9 Å². The van der Waals surface area contributed by atoms with Crippen LogP contribution in [0.3, 0.4) is 0 Å². The van der Waals surface area contributed by atoms with Crippen molar-refractivity contribution < 1.29 is 9.90 Å². The molecule has 1 N–H and O–H groups in total. The fourth-order valence-electron chi connectivity index (χ4n) is 3.59. The molecular formula is C15H27NO2. The summed E-state index contributed by atoms with van der Waals surface area (Å²) in [7, 11) is 0. The lowest BCUT2D eigenvalue weighted by atomic mass is 9.83. The number of likely N-dealkylation sites (tertiary alicyclic amines) is 1. The van der Waals surface area contributed by atoms with E-state index < -0.39 is 0 Å². The minimum atomic E-state index is -0.357. The van der Waals surface area contributed by atoms with Gasteiger partial charge in [0.1, 0.15) is 0 Å². The Morgan fingerprint density at radius 3 is 2.61 bits per heavy atom. The lowest BCUT2D eigenvalue weighted by molar-refractivity contribution is -0.133. The largest absolute Gasteiger partial charge is 0.393 e. The smallest absolute Gasteiger partial charge is 0.222 e. The van der Waals surface area contributed by atoms with E-state index in [1.54, 1.807) is 6.92 Å². The number of hydrogen-bond acceptors (Lipinski definition) is 2. The van der Waals surface area contributed by atoms with Gasteiger partial charge in [0.15, 0.2) is 0 Å². The molecule has 1 saturated carbocycles. The van der Waals surface area contributed by atoms with E-state index in [0.29, 0.717) is 18.9 Å². The minimum Gasteiger partial charge on any atom is -0.393 e. The fraction of sp³-hybridized carbons (Fsp3) is 0.933. The van der Waals surface area contributed by atoms with Gasteiger partial charge in [-0.05, 0) is 44.9 Å². The molecule has 1 heterocycles. The van der Waals surface area contributed by atoms with Gasteiger partial charge in [0.25, 0.3) is 0 Å².